The predicted molar refractivity (Wildman–Crippen MR) is 107 cm³/mol. The van der Waals surface area contributed by atoms with E-state index >= 15 is 0 Å². The molecule has 1 saturated heterocycles. The lowest BCUT2D eigenvalue weighted by atomic mass is 9.83. The molecule has 0 radical (unpaired) electrons. The summed E-state index contributed by atoms with van der Waals surface area (Å²) in [5, 5.41) is 0. The Hall–Kier alpha value is -1.29. The molecule has 4 heteroatoms. The number of piperazine rings is 1. The van der Waals surface area contributed by atoms with Crippen LogP contribution in [0.15, 0.2) is 18.2 Å². The quantitative estimate of drug-likeness (QED) is 0.701. The topological polar surface area (TPSA) is 15.7 Å². The molecule has 2 aliphatic rings. The zero-order chi connectivity index (χ0) is 18.5. The number of hydrogen-bond acceptors (Lipinski definition) is 3. The van der Waals surface area contributed by atoms with Crippen LogP contribution in [0.1, 0.15) is 59.3 Å². The van der Waals surface area contributed by atoms with Crippen LogP contribution in [0.3, 0.4) is 0 Å². The Kier molecular flexibility index (Phi) is 6.80. The molecule has 0 amide bonds. The van der Waals surface area contributed by atoms with E-state index in [-0.39, 0.29) is 11.9 Å². The van der Waals surface area contributed by atoms with Crippen LogP contribution >= 0.6 is 0 Å². The Morgan fingerprint density at radius 3 is 2.38 bits per heavy atom. The largest absolute Gasteiger partial charge is 0.489 e. The van der Waals surface area contributed by atoms with Gasteiger partial charge >= 0.3 is 0 Å². The number of nitrogens with zero attached hydrogens (tertiary/aromatic N) is 2. The molecule has 0 bridgehead atoms. The van der Waals surface area contributed by atoms with E-state index < -0.39 is 0 Å². The van der Waals surface area contributed by atoms with Gasteiger partial charge in [0.1, 0.15) is 11.6 Å². The summed E-state index contributed by atoms with van der Waals surface area (Å²) >= 11 is 0. The molecule has 0 N–H and O–H groups in total. The van der Waals surface area contributed by atoms with Crippen LogP contribution < -0.4 is 9.64 Å². The van der Waals surface area contributed by atoms with Crippen molar-refractivity contribution in [3.8, 4) is 5.75 Å². The number of benzene rings is 1. The molecule has 1 aromatic carbocycles. The van der Waals surface area contributed by atoms with Crippen LogP contribution in [-0.4, -0.2) is 43.2 Å². The molecule has 0 atom stereocenters. The van der Waals surface area contributed by atoms with Crippen molar-refractivity contribution < 1.29 is 9.13 Å². The van der Waals surface area contributed by atoms with Gasteiger partial charge in [0.2, 0.25) is 0 Å². The van der Waals surface area contributed by atoms with E-state index in [2.05, 4.69) is 16.7 Å². The van der Waals surface area contributed by atoms with Gasteiger partial charge in [-0.15, -0.1) is 0 Å². The molecular formula is C22H35FN2O. The fourth-order valence-corrected chi connectivity index (χ4v) is 4.63. The molecule has 1 aliphatic carbocycles. The lowest BCUT2D eigenvalue weighted by Gasteiger charge is -2.43. The van der Waals surface area contributed by atoms with Crippen LogP contribution in [0.4, 0.5) is 10.1 Å². The van der Waals surface area contributed by atoms with Crippen molar-refractivity contribution in [2.45, 2.75) is 71.4 Å². The van der Waals surface area contributed by atoms with Gasteiger partial charge in [-0.2, -0.15) is 0 Å². The van der Waals surface area contributed by atoms with Crippen molar-refractivity contribution in [1.29, 1.82) is 0 Å². The minimum Gasteiger partial charge on any atom is -0.489 e. The second-order valence-electron chi connectivity index (χ2n) is 8.26. The van der Waals surface area contributed by atoms with Crippen molar-refractivity contribution in [2.24, 2.45) is 5.92 Å². The van der Waals surface area contributed by atoms with Crippen molar-refractivity contribution in [3.05, 3.63) is 24.0 Å². The Bertz CT molecular complexity index is 561. The van der Waals surface area contributed by atoms with Crippen molar-refractivity contribution in [2.75, 3.05) is 31.1 Å². The molecule has 3 rings (SSSR count). The number of anilines is 1. The SMILES string of the molecule is CCCC1CCC(N2CCN(c3ccc(F)cc3OC(C)C)CC2)CC1. The third-order valence-electron chi connectivity index (χ3n) is 5.97. The lowest BCUT2D eigenvalue weighted by Crippen LogP contribution is -2.51. The van der Waals surface area contributed by atoms with Gasteiger partial charge in [0.15, 0.2) is 0 Å². The summed E-state index contributed by atoms with van der Waals surface area (Å²) in [5.41, 5.74) is 1.03. The first-order chi connectivity index (χ1) is 12.6. The van der Waals surface area contributed by atoms with E-state index in [1.807, 2.05) is 19.9 Å². The first kappa shape index (κ1) is 19.5. The normalized spacial score (nSPS) is 24.9. The smallest absolute Gasteiger partial charge is 0.145 e. The van der Waals surface area contributed by atoms with E-state index in [9.17, 15) is 4.39 Å². The summed E-state index contributed by atoms with van der Waals surface area (Å²) < 4.78 is 19.5. The van der Waals surface area contributed by atoms with Crippen LogP contribution in [0.25, 0.3) is 0 Å². The van der Waals surface area contributed by atoms with Gasteiger partial charge in [0.05, 0.1) is 11.8 Å². The molecular weight excluding hydrogens is 327 g/mol. The second kappa shape index (κ2) is 9.07. The van der Waals surface area contributed by atoms with E-state index in [0.717, 1.165) is 43.8 Å². The lowest BCUT2D eigenvalue weighted by molar-refractivity contribution is 0.126. The highest BCUT2D eigenvalue weighted by Gasteiger charge is 2.28. The summed E-state index contributed by atoms with van der Waals surface area (Å²) in [6, 6.07) is 5.71. The van der Waals surface area contributed by atoms with E-state index in [1.165, 1.54) is 44.6 Å². The van der Waals surface area contributed by atoms with Crippen molar-refractivity contribution in [1.82, 2.24) is 4.90 Å². The molecule has 26 heavy (non-hydrogen) atoms. The first-order valence-corrected chi connectivity index (χ1v) is 10.5. The van der Waals surface area contributed by atoms with Crippen LogP contribution in [0.2, 0.25) is 0 Å². The molecule has 0 unspecified atom stereocenters. The number of hydrogen-bond donors (Lipinski definition) is 0. The van der Waals surface area contributed by atoms with Gasteiger partial charge in [-0.3, -0.25) is 4.90 Å². The highest BCUT2D eigenvalue weighted by molar-refractivity contribution is 5.59. The molecule has 1 saturated carbocycles. The molecule has 0 spiro atoms. The average molecular weight is 363 g/mol. The number of halogens is 1. The third-order valence-corrected chi connectivity index (χ3v) is 5.97. The molecule has 1 heterocycles. The summed E-state index contributed by atoms with van der Waals surface area (Å²) in [5.74, 6) is 1.41. The van der Waals surface area contributed by atoms with Crippen LogP contribution in [0, 0.1) is 11.7 Å². The fourth-order valence-electron chi connectivity index (χ4n) is 4.63. The summed E-state index contributed by atoms with van der Waals surface area (Å²) in [4.78, 5) is 5.04. The molecule has 146 valence electrons. The number of rotatable bonds is 6. The Labute approximate surface area is 158 Å². The van der Waals surface area contributed by atoms with Gasteiger partial charge < -0.3 is 9.64 Å². The first-order valence-electron chi connectivity index (χ1n) is 10.5. The average Bonchev–Trinajstić information content (AvgIpc) is 2.63. The fraction of sp³-hybridized carbons (Fsp3) is 0.727. The number of ether oxygens (including phenoxy) is 1. The summed E-state index contributed by atoms with van der Waals surface area (Å²) in [7, 11) is 0. The monoisotopic (exact) mass is 362 g/mol. The molecule has 1 aliphatic heterocycles. The van der Waals surface area contributed by atoms with Gasteiger partial charge in [-0.1, -0.05) is 19.8 Å². The minimum absolute atomic E-state index is 0.0511. The molecule has 1 aromatic rings. The Balaban J connectivity index is 1.56. The van der Waals surface area contributed by atoms with Crippen LogP contribution in [-0.2, 0) is 0 Å². The predicted octanol–water partition coefficient (Wildman–Crippen LogP) is 5.09. The molecule has 2 fully saturated rings. The van der Waals surface area contributed by atoms with Gasteiger partial charge in [-0.25, -0.2) is 4.39 Å². The van der Waals surface area contributed by atoms with E-state index in [1.54, 1.807) is 6.07 Å². The highest BCUT2D eigenvalue weighted by Crippen LogP contribution is 2.33. The van der Waals surface area contributed by atoms with Gasteiger partial charge in [-0.05, 0) is 57.6 Å². The maximum atomic E-state index is 13.6. The third kappa shape index (κ3) is 4.91. The van der Waals surface area contributed by atoms with Gasteiger partial charge in [0.25, 0.3) is 0 Å². The maximum absolute atomic E-state index is 13.6. The van der Waals surface area contributed by atoms with Crippen molar-refractivity contribution >= 4 is 5.69 Å². The zero-order valence-electron chi connectivity index (χ0n) is 16.7. The molecule has 0 aromatic heterocycles. The van der Waals surface area contributed by atoms with Crippen LogP contribution in [0.5, 0.6) is 5.75 Å². The standard InChI is InChI=1S/C22H35FN2O/c1-4-5-18-6-9-20(10-7-18)24-12-14-25(15-13-24)21-11-8-19(23)16-22(21)26-17(2)3/h8,11,16-18,20H,4-7,9-10,12-15H2,1-3H3. The zero-order valence-corrected chi connectivity index (χ0v) is 16.7. The summed E-state index contributed by atoms with van der Waals surface area (Å²) in [6.45, 7) is 10.5. The minimum atomic E-state index is -0.230. The maximum Gasteiger partial charge on any atom is 0.145 e. The second-order valence-corrected chi connectivity index (χ2v) is 8.26. The van der Waals surface area contributed by atoms with E-state index in [4.69, 9.17) is 4.74 Å². The van der Waals surface area contributed by atoms with Gasteiger partial charge in [0, 0.05) is 38.3 Å². The Morgan fingerprint density at radius 2 is 1.77 bits per heavy atom. The summed E-state index contributed by atoms with van der Waals surface area (Å²) in [6.07, 6.45) is 8.32. The van der Waals surface area contributed by atoms with Crippen molar-refractivity contribution in [3.63, 3.8) is 0 Å². The molecule has 3 nitrogen and oxygen atoms in total. The van der Waals surface area contributed by atoms with E-state index in [0.29, 0.717) is 5.75 Å². The highest BCUT2D eigenvalue weighted by atomic mass is 19.1. The Morgan fingerprint density at radius 1 is 1.08 bits per heavy atom.